The summed E-state index contributed by atoms with van der Waals surface area (Å²) in [4.78, 5) is 17.5. The number of ether oxygens (including phenoxy) is 1. The number of benzene rings is 2. The summed E-state index contributed by atoms with van der Waals surface area (Å²) in [5, 5.41) is 23.6. The maximum atomic E-state index is 13.2. The molecule has 6 heteroatoms. The van der Waals surface area contributed by atoms with Gasteiger partial charge in [0.15, 0.2) is 11.5 Å². The van der Waals surface area contributed by atoms with Crippen LogP contribution in [-0.2, 0) is 16.6 Å². The number of amides is 1. The predicted octanol–water partition coefficient (Wildman–Crippen LogP) is 3.53. The summed E-state index contributed by atoms with van der Waals surface area (Å²) in [6.07, 6.45) is 5.75. The molecule has 2 saturated carbocycles. The summed E-state index contributed by atoms with van der Waals surface area (Å²) in [7, 11) is 1.82. The molecule has 198 valence electrons. The van der Waals surface area contributed by atoms with Crippen LogP contribution in [0.5, 0.6) is 11.5 Å². The summed E-state index contributed by atoms with van der Waals surface area (Å²) in [5.74, 6) is 7.09. The van der Waals surface area contributed by atoms with Crippen LogP contribution in [-0.4, -0.2) is 69.8 Å². The number of nitrogens with zero attached hydrogens (tertiary/aromatic N) is 2. The van der Waals surface area contributed by atoms with Crippen molar-refractivity contribution in [3.8, 4) is 23.3 Å². The van der Waals surface area contributed by atoms with E-state index in [2.05, 4.69) is 16.7 Å². The van der Waals surface area contributed by atoms with Crippen LogP contribution in [0.25, 0.3) is 0 Å². The van der Waals surface area contributed by atoms with E-state index in [0.717, 1.165) is 48.5 Å². The number of aromatic hydroxyl groups is 1. The summed E-state index contributed by atoms with van der Waals surface area (Å²) in [6, 6.07) is 11.5. The Morgan fingerprint density at radius 3 is 2.84 bits per heavy atom. The molecule has 2 aliphatic heterocycles. The second-order valence-electron chi connectivity index (χ2n) is 12.3. The zero-order chi connectivity index (χ0) is 26.2. The van der Waals surface area contributed by atoms with Crippen LogP contribution in [0.1, 0.15) is 60.8 Å². The maximum absolute atomic E-state index is 13.2. The molecule has 5 aliphatic rings. The quantitative estimate of drug-likeness (QED) is 0.616. The van der Waals surface area contributed by atoms with E-state index in [9.17, 15) is 15.0 Å². The second kappa shape index (κ2) is 8.49. The maximum Gasteiger partial charge on any atom is 0.298 e. The molecule has 0 radical (unpaired) electrons. The Balaban J connectivity index is 1.23. The molecular formula is C32H36N2O4. The number of phenols is 1. The molecule has 7 rings (SSSR count). The van der Waals surface area contributed by atoms with Crippen molar-refractivity contribution in [3.05, 3.63) is 58.7 Å². The van der Waals surface area contributed by atoms with E-state index in [1.807, 2.05) is 44.3 Å². The zero-order valence-electron chi connectivity index (χ0n) is 22.2. The molecule has 2 heterocycles. The number of piperidine rings is 1. The largest absolute Gasteiger partial charge is 0.504 e. The summed E-state index contributed by atoms with van der Waals surface area (Å²) >= 11 is 0. The first kappa shape index (κ1) is 24.1. The average molecular weight is 513 g/mol. The third-order valence-corrected chi connectivity index (χ3v) is 10.2. The van der Waals surface area contributed by atoms with Crippen molar-refractivity contribution in [3.63, 3.8) is 0 Å². The van der Waals surface area contributed by atoms with Crippen molar-refractivity contribution in [2.24, 2.45) is 5.92 Å². The molecule has 38 heavy (non-hydrogen) atoms. The van der Waals surface area contributed by atoms with Gasteiger partial charge in [0.1, 0.15) is 6.10 Å². The summed E-state index contributed by atoms with van der Waals surface area (Å²) in [6.45, 7) is 3.99. The highest BCUT2D eigenvalue weighted by molar-refractivity contribution is 5.94. The van der Waals surface area contributed by atoms with Crippen LogP contribution in [0, 0.1) is 24.7 Å². The molecule has 1 spiro atoms. The summed E-state index contributed by atoms with van der Waals surface area (Å²) in [5.41, 5.74) is 2.63. The molecule has 5 atom stereocenters. The molecule has 2 N–H and O–H groups in total. The van der Waals surface area contributed by atoms with Gasteiger partial charge in [0.25, 0.3) is 5.91 Å². The Kier molecular flexibility index (Phi) is 5.38. The number of aryl methyl sites for hydroxylation is 1. The van der Waals surface area contributed by atoms with Crippen LogP contribution in [0.3, 0.4) is 0 Å². The van der Waals surface area contributed by atoms with Gasteiger partial charge in [-0.3, -0.25) is 9.69 Å². The highest BCUT2D eigenvalue weighted by atomic mass is 16.5. The lowest BCUT2D eigenvalue weighted by Gasteiger charge is -2.60. The first-order valence-electron chi connectivity index (χ1n) is 14.1. The average Bonchev–Trinajstić information content (AvgIpc) is 3.67. The van der Waals surface area contributed by atoms with E-state index in [-0.39, 0.29) is 29.8 Å². The number of carbonyl (C=O) groups excluding carboxylic acids is 1. The van der Waals surface area contributed by atoms with Crippen LogP contribution >= 0.6 is 0 Å². The van der Waals surface area contributed by atoms with Crippen molar-refractivity contribution in [1.29, 1.82) is 0 Å². The smallest absolute Gasteiger partial charge is 0.298 e. The van der Waals surface area contributed by atoms with Crippen LogP contribution in [0.15, 0.2) is 36.4 Å². The number of likely N-dealkylation sites (tertiary alicyclic amines) is 1. The first-order chi connectivity index (χ1) is 18.3. The van der Waals surface area contributed by atoms with Crippen molar-refractivity contribution >= 4 is 5.91 Å². The Morgan fingerprint density at radius 1 is 1.21 bits per heavy atom. The minimum atomic E-state index is -0.970. The third kappa shape index (κ3) is 3.45. The van der Waals surface area contributed by atoms with Gasteiger partial charge in [-0.2, -0.15) is 0 Å². The highest BCUT2D eigenvalue weighted by Crippen LogP contribution is 2.65. The van der Waals surface area contributed by atoms with Crippen LogP contribution in [0.2, 0.25) is 0 Å². The Labute approximate surface area is 224 Å². The lowest BCUT2D eigenvalue weighted by atomic mass is 9.52. The molecule has 0 aromatic heterocycles. The van der Waals surface area contributed by atoms with Crippen molar-refractivity contribution in [2.75, 3.05) is 20.1 Å². The SMILES string of the molecule is Cc1cccc(C#CC(=O)N(C)[C@H]2CC[C@@]3(O)[C@H]4Cc5ccc(O)c6c5[C@@]3(CCN4CC3CC3)[C@H](C2)O6)c1. The minimum Gasteiger partial charge on any atom is -0.504 e. The van der Waals surface area contributed by atoms with Gasteiger partial charge in [-0.05, 0) is 87.2 Å². The van der Waals surface area contributed by atoms with Gasteiger partial charge in [0.2, 0.25) is 0 Å². The van der Waals surface area contributed by atoms with Crippen molar-refractivity contribution < 1.29 is 19.7 Å². The zero-order valence-corrected chi connectivity index (χ0v) is 22.2. The highest BCUT2D eigenvalue weighted by Gasteiger charge is 2.71. The van der Waals surface area contributed by atoms with E-state index in [1.54, 1.807) is 11.0 Å². The van der Waals surface area contributed by atoms with E-state index in [1.165, 1.54) is 18.4 Å². The summed E-state index contributed by atoms with van der Waals surface area (Å²) < 4.78 is 6.58. The topological polar surface area (TPSA) is 73.2 Å². The standard InChI is InChI=1S/C32H36N2O4/c1-20-4-3-5-21(16-20)8-11-28(36)33(2)24-12-13-32(37)26-17-23-9-10-25(35)30-29(23)31(32,27(18-24)38-30)14-15-34(26)19-22-6-7-22/h3-5,9-10,16,22,24,26-27,35,37H,6-7,12-15,17-19H2,1-2H3/t24-,26+,27-,31+,32+/m0/s1. The number of carbonyl (C=O) groups is 1. The number of hydrogen-bond donors (Lipinski definition) is 2. The number of phenolic OH excluding ortho intramolecular Hbond substituents is 1. The fourth-order valence-electron chi connectivity index (χ4n) is 8.07. The van der Waals surface area contributed by atoms with E-state index in [4.69, 9.17) is 4.74 Å². The van der Waals surface area contributed by atoms with Gasteiger partial charge < -0.3 is 19.8 Å². The fourth-order valence-corrected chi connectivity index (χ4v) is 8.07. The Bertz CT molecular complexity index is 1370. The molecule has 2 bridgehead atoms. The molecule has 2 aromatic carbocycles. The molecule has 0 unspecified atom stereocenters. The van der Waals surface area contributed by atoms with Crippen LogP contribution in [0.4, 0.5) is 0 Å². The second-order valence-corrected chi connectivity index (χ2v) is 12.3. The van der Waals surface area contributed by atoms with E-state index >= 15 is 0 Å². The molecule has 1 amide bonds. The third-order valence-electron chi connectivity index (χ3n) is 10.2. The van der Waals surface area contributed by atoms with Crippen molar-refractivity contribution in [2.45, 2.75) is 81.1 Å². The van der Waals surface area contributed by atoms with Gasteiger partial charge in [-0.25, -0.2) is 0 Å². The Morgan fingerprint density at radius 2 is 2.05 bits per heavy atom. The molecule has 2 aromatic rings. The minimum absolute atomic E-state index is 0.0202. The predicted molar refractivity (Wildman–Crippen MR) is 144 cm³/mol. The number of aliphatic hydroxyl groups is 1. The van der Waals surface area contributed by atoms with Gasteiger partial charge in [-0.1, -0.05) is 24.1 Å². The molecule has 3 fully saturated rings. The van der Waals surface area contributed by atoms with Crippen LogP contribution < -0.4 is 4.74 Å². The van der Waals surface area contributed by atoms with E-state index in [0.29, 0.717) is 25.0 Å². The number of rotatable bonds is 3. The normalized spacial score (nSPS) is 32.9. The lowest BCUT2D eigenvalue weighted by molar-refractivity contribution is -0.165. The van der Waals surface area contributed by atoms with E-state index < -0.39 is 11.0 Å². The number of hydrogen-bond acceptors (Lipinski definition) is 5. The lowest BCUT2D eigenvalue weighted by Crippen LogP contribution is -2.73. The molecule has 1 saturated heterocycles. The molecule has 6 nitrogen and oxygen atoms in total. The van der Waals surface area contributed by atoms with Gasteiger partial charge in [0.05, 0.1) is 11.0 Å². The fraction of sp³-hybridized carbons (Fsp3) is 0.531. The molecule has 3 aliphatic carbocycles. The van der Waals surface area contributed by atoms with Crippen molar-refractivity contribution in [1.82, 2.24) is 9.80 Å². The molecular weight excluding hydrogens is 476 g/mol. The monoisotopic (exact) mass is 512 g/mol. The van der Waals surface area contributed by atoms with Gasteiger partial charge in [0, 0.05) is 49.1 Å². The Hall–Kier alpha value is -3.01. The van der Waals surface area contributed by atoms with Gasteiger partial charge in [-0.15, -0.1) is 0 Å². The first-order valence-corrected chi connectivity index (χ1v) is 14.1. The van der Waals surface area contributed by atoms with Gasteiger partial charge >= 0.3 is 0 Å².